The highest BCUT2D eigenvalue weighted by Gasteiger charge is 2.21. The smallest absolute Gasteiger partial charge is 0.253 e. The van der Waals surface area contributed by atoms with Gasteiger partial charge in [0.15, 0.2) is 0 Å². The number of carbonyl (C=O) groups is 3. The third-order valence-corrected chi connectivity index (χ3v) is 4.37. The summed E-state index contributed by atoms with van der Waals surface area (Å²) >= 11 is 0. The lowest BCUT2D eigenvalue weighted by Crippen LogP contribution is -2.25. The summed E-state index contributed by atoms with van der Waals surface area (Å²) in [7, 11) is 1.56. The highest BCUT2D eigenvalue weighted by Crippen LogP contribution is 2.23. The molecular weight excluding hydrogens is 344 g/mol. The van der Waals surface area contributed by atoms with Crippen LogP contribution >= 0.6 is 0 Å². The van der Waals surface area contributed by atoms with Crippen LogP contribution in [0.3, 0.4) is 0 Å². The van der Waals surface area contributed by atoms with Crippen LogP contribution in [0.2, 0.25) is 0 Å². The molecule has 140 valence electrons. The SMILES string of the molecule is CNC(=O)c1ccccc1NCC(=O)Nc1ccc(N2CCCC2=O)cc1. The average molecular weight is 366 g/mol. The predicted octanol–water partition coefficient (Wildman–Crippen LogP) is 2.22. The molecule has 0 aliphatic carbocycles. The Bertz CT molecular complexity index is 849. The fourth-order valence-corrected chi connectivity index (χ4v) is 3.00. The van der Waals surface area contributed by atoms with Gasteiger partial charge in [0, 0.05) is 37.1 Å². The normalized spacial score (nSPS) is 13.4. The first-order valence-corrected chi connectivity index (χ1v) is 8.84. The van der Waals surface area contributed by atoms with Crippen LogP contribution in [0, 0.1) is 0 Å². The summed E-state index contributed by atoms with van der Waals surface area (Å²) < 4.78 is 0. The lowest BCUT2D eigenvalue weighted by atomic mass is 10.1. The van der Waals surface area contributed by atoms with Crippen LogP contribution in [-0.2, 0) is 9.59 Å². The van der Waals surface area contributed by atoms with E-state index >= 15 is 0 Å². The minimum atomic E-state index is -0.230. The number of nitrogens with one attached hydrogen (secondary N) is 3. The van der Waals surface area contributed by atoms with Crippen molar-refractivity contribution in [3.05, 3.63) is 54.1 Å². The second-order valence-electron chi connectivity index (χ2n) is 6.22. The van der Waals surface area contributed by atoms with Crippen LogP contribution in [0.25, 0.3) is 0 Å². The molecule has 0 saturated carbocycles. The Kier molecular flexibility index (Phi) is 5.71. The Labute approximate surface area is 157 Å². The summed E-state index contributed by atoms with van der Waals surface area (Å²) in [6, 6.07) is 14.2. The lowest BCUT2D eigenvalue weighted by molar-refractivity contribution is -0.117. The Morgan fingerprint density at radius 1 is 1.07 bits per heavy atom. The van der Waals surface area contributed by atoms with Crippen LogP contribution in [0.15, 0.2) is 48.5 Å². The highest BCUT2D eigenvalue weighted by atomic mass is 16.2. The van der Waals surface area contributed by atoms with Gasteiger partial charge in [-0.2, -0.15) is 0 Å². The summed E-state index contributed by atoms with van der Waals surface area (Å²) in [5, 5.41) is 8.36. The van der Waals surface area contributed by atoms with Gasteiger partial charge in [0.2, 0.25) is 11.8 Å². The molecule has 0 radical (unpaired) electrons. The molecule has 1 saturated heterocycles. The quantitative estimate of drug-likeness (QED) is 0.731. The van der Waals surface area contributed by atoms with Gasteiger partial charge in [-0.15, -0.1) is 0 Å². The molecule has 0 spiro atoms. The van der Waals surface area contributed by atoms with E-state index in [1.54, 1.807) is 48.3 Å². The number of benzene rings is 2. The van der Waals surface area contributed by atoms with Crippen molar-refractivity contribution in [1.29, 1.82) is 0 Å². The Balaban J connectivity index is 1.57. The van der Waals surface area contributed by atoms with Crippen LogP contribution in [0.4, 0.5) is 17.1 Å². The molecule has 0 unspecified atom stereocenters. The zero-order valence-corrected chi connectivity index (χ0v) is 15.1. The van der Waals surface area contributed by atoms with E-state index in [9.17, 15) is 14.4 Å². The monoisotopic (exact) mass is 366 g/mol. The third kappa shape index (κ3) is 4.44. The van der Waals surface area contributed by atoms with Gasteiger partial charge in [-0.25, -0.2) is 0 Å². The van der Waals surface area contributed by atoms with Crippen molar-refractivity contribution in [3.63, 3.8) is 0 Å². The van der Waals surface area contributed by atoms with E-state index < -0.39 is 0 Å². The maximum atomic E-state index is 12.2. The summed E-state index contributed by atoms with van der Waals surface area (Å²) in [6.07, 6.45) is 1.46. The number of anilines is 3. The number of amides is 3. The van der Waals surface area contributed by atoms with Gasteiger partial charge in [0.1, 0.15) is 0 Å². The Hall–Kier alpha value is -3.35. The fourth-order valence-electron chi connectivity index (χ4n) is 3.00. The molecule has 2 aromatic carbocycles. The standard InChI is InChI=1S/C20H22N4O3/c1-21-20(27)16-5-2-3-6-17(16)22-13-18(25)23-14-8-10-15(11-9-14)24-12-4-7-19(24)26/h2-3,5-6,8-11,22H,4,7,12-13H2,1H3,(H,21,27)(H,23,25). The van der Waals surface area contributed by atoms with Crippen LogP contribution in [0.1, 0.15) is 23.2 Å². The summed E-state index contributed by atoms with van der Waals surface area (Å²) in [6.45, 7) is 0.763. The molecule has 7 heteroatoms. The predicted molar refractivity (Wildman–Crippen MR) is 105 cm³/mol. The van der Waals surface area contributed by atoms with Crippen LogP contribution in [0.5, 0.6) is 0 Å². The van der Waals surface area contributed by atoms with Gasteiger partial charge in [-0.3, -0.25) is 14.4 Å². The molecule has 7 nitrogen and oxygen atoms in total. The molecule has 3 amide bonds. The highest BCUT2D eigenvalue weighted by molar-refractivity contribution is 6.01. The Morgan fingerprint density at radius 3 is 2.48 bits per heavy atom. The Morgan fingerprint density at radius 2 is 1.81 bits per heavy atom. The molecule has 1 heterocycles. The van der Waals surface area contributed by atoms with E-state index in [1.165, 1.54) is 0 Å². The summed E-state index contributed by atoms with van der Waals surface area (Å²) in [5.74, 6) is -0.317. The van der Waals surface area contributed by atoms with Crippen molar-refractivity contribution < 1.29 is 14.4 Å². The van der Waals surface area contributed by atoms with Gasteiger partial charge in [-0.05, 0) is 42.8 Å². The second kappa shape index (κ2) is 8.35. The van der Waals surface area contributed by atoms with Gasteiger partial charge < -0.3 is 20.9 Å². The van der Waals surface area contributed by atoms with Gasteiger partial charge >= 0.3 is 0 Å². The zero-order chi connectivity index (χ0) is 19.2. The van der Waals surface area contributed by atoms with E-state index in [-0.39, 0.29) is 24.3 Å². The minimum absolute atomic E-state index is 0.0281. The van der Waals surface area contributed by atoms with E-state index in [2.05, 4.69) is 16.0 Å². The van der Waals surface area contributed by atoms with Gasteiger partial charge in [0.25, 0.3) is 5.91 Å². The molecule has 1 fully saturated rings. The molecular formula is C20H22N4O3. The summed E-state index contributed by atoms with van der Waals surface area (Å²) in [5.41, 5.74) is 2.56. The third-order valence-electron chi connectivity index (χ3n) is 4.37. The second-order valence-corrected chi connectivity index (χ2v) is 6.22. The first kappa shape index (κ1) is 18.4. The maximum Gasteiger partial charge on any atom is 0.253 e. The van der Waals surface area contributed by atoms with Crippen LogP contribution < -0.4 is 20.9 Å². The van der Waals surface area contributed by atoms with E-state index in [1.807, 2.05) is 12.1 Å². The summed E-state index contributed by atoms with van der Waals surface area (Å²) in [4.78, 5) is 37.6. The van der Waals surface area contributed by atoms with E-state index in [0.29, 0.717) is 23.4 Å². The number of rotatable bonds is 6. The average Bonchev–Trinajstić information content (AvgIpc) is 3.12. The molecule has 0 atom stereocenters. The topological polar surface area (TPSA) is 90.5 Å². The van der Waals surface area contributed by atoms with E-state index in [0.717, 1.165) is 18.7 Å². The minimum Gasteiger partial charge on any atom is -0.376 e. The van der Waals surface area contributed by atoms with Crippen molar-refractivity contribution in [3.8, 4) is 0 Å². The molecule has 3 rings (SSSR count). The molecule has 1 aliphatic rings. The van der Waals surface area contributed by atoms with Crippen molar-refractivity contribution in [2.75, 3.05) is 35.7 Å². The van der Waals surface area contributed by atoms with Gasteiger partial charge in [-0.1, -0.05) is 12.1 Å². The molecule has 0 aromatic heterocycles. The lowest BCUT2D eigenvalue weighted by Gasteiger charge is -2.16. The van der Waals surface area contributed by atoms with Crippen LogP contribution in [-0.4, -0.2) is 37.9 Å². The van der Waals surface area contributed by atoms with Crippen molar-refractivity contribution in [2.45, 2.75) is 12.8 Å². The first-order valence-electron chi connectivity index (χ1n) is 8.84. The molecule has 3 N–H and O–H groups in total. The van der Waals surface area contributed by atoms with Gasteiger partial charge in [0.05, 0.1) is 12.1 Å². The number of nitrogens with zero attached hydrogens (tertiary/aromatic N) is 1. The first-order chi connectivity index (χ1) is 13.1. The van der Waals surface area contributed by atoms with E-state index in [4.69, 9.17) is 0 Å². The zero-order valence-electron chi connectivity index (χ0n) is 15.1. The molecule has 0 bridgehead atoms. The fraction of sp³-hybridized carbons (Fsp3) is 0.250. The maximum absolute atomic E-state index is 12.2. The molecule has 1 aliphatic heterocycles. The van der Waals surface area contributed by atoms with Crippen molar-refractivity contribution >= 4 is 34.8 Å². The molecule has 27 heavy (non-hydrogen) atoms. The number of carbonyl (C=O) groups excluding carboxylic acids is 3. The largest absolute Gasteiger partial charge is 0.376 e. The molecule has 2 aromatic rings. The number of hydrogen-bond donors (Lipinski definition) is 3. The van der Waals surface area contributed by atoms with Crippen molar-refractivity contribution in [2.24, 2.45) is 0 Å². The van der Waals surface area contributed by atoms with Crippen molar-refractivity contribution in [1.82, 2.24) is 5.32 Å². The number of hydrogen-bond acceptors (Lipinski definition) is 4. The number of para-hydroxylation sites is 1.